The average molecular weight is 421 g/mol. The lowest BCUT2D eigenvalue weighted by atomic mass is 9.87. The SMILES string of the molecule is Cc1cccc(Cc2c(C(N)=O)c3cc(OC4CCC(C(=O)O)CC4)ccc3n2C)c1. The largest absolute Gasteiger partial charge is 0.490 e. The Hall–Kier alpha value is -3.28. The highest BCUT2D eigenvalue weighted by Crippen LogP contribution is 2.33. The van der Waals surface area contributed by atoms with Crippen molar-refractivity contribution in [2.24, 2.45) is 18.7 Å². The van der Waals surface area contributed by atoms with E-state index in [-0.39, 0.29) is 12.0 Å². The smallest absolute Gasteiger partial charge is 0.306 e. The molecule has 3 aromatic rings. The van der Waals surface area contributed by atoms with Gasteiger partial charge in [0.15, 0.2) is 0 Å². The first-order valence-electron chi connectivity index (χ1n) is 10.7. The number of carboxylic acid groups (broad SMARTS) is 1. The number of carboxylic acids is 1. The van der Waals surface area contributed by atoms with Crippen molar-refractivity contribution in [1.29, 1.82) is 0 Å². The van der Waals surface area contributed by atoms with E-state index in [1.165, 1.54) is 5.56 Å². The Morgan fingerprint density at radius 3 is 2.52 bits per heavy atom. The van der Waals surface area contributed by atoms with Crippen LogP contribution in [-0.2, 0) is 18.3 Å². The molecule has 1 aliphatic rings. The number of primary amides is 1. The number of carbonyl (C=O) groups is 2. The Labute approximate surface area is 181 Å². The first kappa shape index (κ1) is 21.0. The fraction of sp³-hybridized carbons (Fsp3) is 0.360. The number of carbonyl (C=O) groups excluding carboxylic acids is 1. The van der Waals surface area contributed by atoms with Crippen molar-refractivity contribution in [3.63, 3.8) is 0 Å². The maximum absolute atomic E-state index is 12.4. The summed E-state index contributed by atoms with van der Waals surface area (Å²) in [6.45, 7) is 2.05. The number of hydrogen-bond acceptors (Lipinski definition) is 3. The van der Waals surface area contributed by atoms with Gasteiger partial charge in [-0.1, -0.05) is 29.8 Å². The van der Waals surface area contributed by atoms with Crippen LogP contribution in [0.25, 0.3) is 10.9 Å². The minimum Gasteiger partial charge on any atom is -0.490 e. The Balaban J connectivity index is 1.64. The van der Waals surface area contributed by atoms with Gasteiger partial charge in [-0.05, 0) is 56.4 Å². The summed E-state index contributed by atoms with van der Waals surface area (Å²) in [4.78, 5) is 23.6. The zero-order valence-corrected chi connectivity index (χ0v) is 17.9. The summed E-state index contributed by atoms with van der Waals surface area (Å²) in [5.41, 5.74) is 10.4. The number of ether oxygens (including phenoxy) is 1. The van der Waals surface area contributed by atoms with Crippen LogP contribution in [-0.4, -0.2) is 27.7 Å². The first-order chi connectivity index (χ1) is 14.8. The molecule has 1 aromatic heterocycles. The monoisotopic (exact) mass is 420 g/mol. The number of aliphatic carboxylic acids is 1. The molecule has 0 aliphatic heterocycles. The molecular weight excluding hydrogens is 392 g/mol. The fourth-order valence-electron chi connectivity index (χ4n) is 4.67. The second kappa shape index (κ2) is 8.46. The maximum Gasteiger partial charge on any atom is 0.306 e. The third kappa shape index (κ3) is 4.29. The van der Waals surface area contributed by atoms with Crippen molar-refractivity contribution >= 4 is 22.8 Å². The van der Waals surface area contributed by atoms with Gasteiger partial charge in [-0.25, -0.2) is 0 Å². The summed E-state index contributed by atoms with van der Waals surface area (Å²) < 4.78 is 8.18. The molecule has 0 atom stereocenters. The van der Waals surface area contributed by atoms with Crippen LogP contribution in [0.1, 0.15) is 52.9 Å². The number of fused-ring (bicyclic) bond motifs is 1. The average Bonchev–Trinajstić information content (AvgIpc) is 3.00. The molecule has 1 amide bonds. The van der Waals surface area contributed by atoms with Gasteiger partial charge >= 0.3 is 5.97 Å². The lowest BCUT2D eigenvalue weighted by Gasteiger charge is -2.26. The predicted molar refractivity (Wildman–Crippen MR) is 119 cm³/mol. The van der Waals surface area contributed by atoms with Gasteiger partial charge in [0, 0.05) is 30.1 Å². The van der Waals surface area contributed by atoms with Crippen LogP contribution < -0.4 is 10.5 Å². The first-order valence-corrected chi connectivity index (χ1v) is 10.7. The van der Waals surface area contributed by atoms with E-state index in [0.717, 1.165) is 22.2 Å². The van der Waals surface area contributed by atoms with E-state index in [2.05, 4.69) is 12.1 Å². The number of nitrogens with zero attached hydrogens (tertiary/aromatic N) is 1. The Kier molecular flexibility index (Phi) is 5.72. The molecule has 1 saturated carbocycles. The van der Waals surface area contributed by atoms with Crippen LogP contribution in [0.15, 0.2) is 42.5 Å². The zero-order valence-electron chi connectivity index (χ0n) is 17.9. The summed E-state index contributed by atoms with van der Waals surface area (Å²) >= 11 is 0. The quantitative estimate of drug-likeness (QED) is 0.625. The van der Waals surface area contributed by atoms with E-state index in [9.17, 15) is 14.7 Å². The second-order valence-corrected chi connectivity index (χ2v) is 8.52. The molecular formula is C25H28N2O4. The number of nitrogens with two attached hydrogens (primary N) is 1. The van der Waals surface area contributed by atoms with Gasteiger partial charge in [0.2, 0.25) is 0 Å². The molecule has 1 aliphatic carbocycles. The van der Waals surface area contributed by atoms with Gasteiger partial charge in [0.05, 0.1) is 17.6 Å². The predicted octanol–water partition coefficient (Wildman–Crippen LogP) is 4.20. The topological polar surface area (TPSA) is 94.6 Å². The van der Waals surface area contributed by atoms with Gasteiger partial charge < -0.3 is 20.1 Å². The normalized spacial score (nSPS) is 18.8. The summed E-state index contributed by atoms with van der Waals surface area (Å²) in [5.74, 6) is -0.771. The van der Waals surface area contributed by atoms with Crippen molar-refractivity contribution < 1.29 is 19.4 Å². The number of rotatable bonds is 6. The number of benzene rings is 2. The van der Waals surface area contributed by atoms with Crippen molar-refractivity contribution in [2.75, 3.05) is 0 Å². The van der Waals surface area contributed by atoms with Gasteiger partial charge in [-0.2, -0.15) is 0 Å². The maximum atomic E-state index is 12.4. The fourth-order valence-corrected chi connectivity index (χ4v) is 4.67. The van der Waals surface area contributed by atoms with Gasteiger partial charge in [0.25, 0.3) is 5.91 Å². The van der Waals surface area contributed by atoms with Crippen LogP contribution in [0.2, 0.25) is 0 Å². The summed E-state index contributed by atoms with van der Waals surface area (Å²) in [6, 6.07) is 14.0. The molecule has 1 fully saturated rings. The van der Waals surface area contributed by atoms with Crippen molar-refractivity contribution in [2.45, 2.75) is 45.1 Å². The Morgan fingerprint density at radius 1 is 1.13 bits per heavy atom. The summed E-state index contributed by atoms with van der Waals surface area (Å²) in [5, 5.41) is 9.96. The van der Waals surface area contributed by atoms with Crippen molar-refractivity contribution in [3.05, 3.63) is 64.8 Å². The third-order valence-corrected chi connectivity index (χ3v) is 6.32. The molecule has 1 heterocycles. The van der Waals surface area contributed by atoms with Gasteiger partial charge in [-0.15, -0.1) is 0 Å². The Morgan fingerprint density at radius 2 is 1.87 bits per heavy atom. The Bertz CT molecular complexity index is 1140. The van der Waals surface area contributed by atoms with Crippen molar-refractivity contribution in [3.8, 4) is 5.75 Å². The molecule has 0 bridgehead atoms. The van der Waals surface area contributed by atoms with Gasteiger partial charge in [-0.3, -0.25) is 9.59 Å². The van der Waals surface area contributed by atoms with E-state index in [0.29, 0.717) is 43.4 Å². The lowest BCUT2D eigenvalue weighted by molar-refractivity contribution is -0.143. The lowest BCUT2D eigenvalue weighted by Crippen LogP contribution is -2.27. The minimum absolute atomic E-state index is 0.0134. The van der Waals surface area contributed by atoms with Crippen LogP contribution in [0.4, 0.5) is 0 Å². The highest BCUT2D eigenvalue weighted by Gasteiger charge is 2.27. The highest BCUT2D eigenvalue weighted by molar-refractivity contribution is 6.08. The van der Waals surface area contributed by atoms with Crippen LogP contribution in [0.3, 0.4) is 0 Å². The van der Waals surface area contributed by atoms with Crippen LogP contribution >= 0.6 is 0 Å². The molecule has 31 heavy (non-hydrogen) atoms. The molecule has 4 rings (SSSR count). The van der Waals surface area contributed by atoms with Crippen molar-refractivity contribution in [1.82, 2.24) is 4.57 Å². The standard InChI is InChI=1S/C25H28N2O4/c1-15-4-3-5-16(12-15)13-22-23(24(26)28)20-14-19(10-11-21(20)27(22)2)31-18-8-6-17(7-9-18)25(29)30/h3-5,10-12,14,17-18H,6-9,13H2,1-2H3,(H2,26,28)(H,29,30). The minimum atomic E-state index is -0.726. The van der Waals surface area contributed by atoms with E-state index < -0.39 is 11.9 Å². The second-order valence-electron chi connectivity index (χ2n) is 8.52. The molecule has 0 saturated heterocycles. The molecule has 3 N–H and O–H groups in total. The number of aryl methyl sites for hydroxylation is 2. The molecule has 0 unspecified atom stereocenters. The number of hydrogen-bond donors (Lipinski definition) is 2. The van der Waals surface area contributed by atoms with Crippen LogP contribution in [0.5, 0.6) is 5.75 Å². The molecule has 0 radical (unpaired) electrons. The van der Waals surface area contributed by atoms with E-state index in [4.69, 9.17) is 10.5 Å². The number of aromatic nitrogens is 1. The van der Waals surface area contributed by atoms with E-state index in [1.807, 2.05) is 48.9 Å². The van der Waals surface area contributed by atoms with E-state index >= 15 is 0 Å². The highest BCUT2D eigenvalue weighted by atomic mass is 16.5. The molecule has 0 spiro atoms. The third-order valence-electron chi connectivity index (χ3n) is 6.32. The molecule has 6 nitrogen and oxygen atoms in total. The molecule has 2 aromatic carbocycles. The summed E-state index contributed by atoms with van der Waals surface area (Å²) in [6.07, 6.45) is 3.28. The molecule has 6 heteroatoms. The van der Waals surface area contributed by atoms with Gasteiger partial charge in [0.1, 0.15) is 5.75 Å². The van der Waals surface area contributed by atoms with E-state index in [1.54, 1.807) is 0 Å². The zero-order chi connectivity index (χ0) is 22.1. The van der Waals surface area contributed by atoms with Crippen LogP contribution in [0, 0.1) is 12.8 Å². The number of amides is 1. The summed E-state index contributed by atoms with van der Waals surface area (Å²) in [7, 11) is 1.95. The molecule has 162 valence electrons.